The lowest BCUT2D eigenvalue weighted by Gasteiger charge is -2.01. The van der Waals surface area contributed by atoms with Crippen LogP contribution < -0.4 is 5.73 Å². The van der Waals surface area contributed by atoms with Gasteiger partial charge in [-0.1, -0.05) is 35.9 Å². The topological polar surface area (TPSA) is 43.3 Å². The van der Waals surface area contributed by atoms with Crippen molar-refractivity contribution in [1.82, 2.24) is 9.38 Å². The summed E-state index contributed by atoms with van der Waals surface area (Å²) in [5.74, 6) is 0.613. The first-order chi connectivity index (χ1) is 8.66. The van der Waals surface area contributed by atoms with Gasteiger partial charge in [-0.15, -0.1) is 0 Å². The van der Waals surface area contributed by atoms with Crippen molar-refractivity contribution in [1.29, 1.82) is 0 Å². The molecule has 3 rings (SSSR count). The van der Waals surface area contributed by atoms with Crippen LogP contribution in [0, 0.1) is 6.92 Å². The zero-order valence-corrected chi connectivity index (χ0v) is 10.6. The van der Waals surface area contributed by atoms with Gasteiger partial charge in [-0.05, 0) is 24.6 Å². The smallest absolute Gasteiger partial charge is 0.139 e. The Labute approximate surface area is 110 Å². The van der Waals surface area contributed by atoms with Crippen LogP contribution in [0.3, 0.4) is 0 Å². The fourth-order valence-electron chi connectivity index (χ4n) is 2.02. The number of nitrogens with two attached hydrogens (primary N) is 1. The van der Waals surface area contributed by atoms with Crippen LogP contribution in [0.1, 0.15) is 5.56 Å². The fourth-order valence-corrected chi connectivity index (χ4v) is 2.25. The van der Waals surface area contributed by atoms with Crippen molar-refractivity contribution in [2.24, 2.45) is 0 Å². The minimum Gasteiger partial charge on any atom is -0.383 e. The highest BCUT2D eigenvalue weighted by Crippen LogP contribution is 2.31. The SMILES string of the molecule is Cc1ccc2nc(-c3ccccc3Cl)c(N)n2c1. The second kappa shape index (κ2) is 4.03. The molecule has 2 N–H and O–H groups in total. The number of hydrogen-bond acceptors (Lipinski definition) is 2. The first-order valence-electron chi connectivity index (χ1n) is 5.66. The van der Waals surface area contributed by atoms with Gasteiger partial charge in [0.05, 0.1) is 5.02 Å². The van der Waals surface area contributed by atoms with Gasteiger partial charge >= 0.3 is 0 Å². The number of hydrogen-bond donors (Lipinski definition) is 1. The monoisotopic (exact) mass is 257 g/mol. The number of nitrogen functional groups attached to an aromatic ring is 1. The maximum Gasteiger partial charge on any atom is 0.139 e. The van der Waals surface area contributed by atoms with Crippen LogP contribution in [0.5, 0.6) is 0 Å². The quantitative estimate of drug-likeness (QED) is 0.725. The van der Waals surface area contributed by atoms with Gasteiger partial charge in [0.15, 0.2) is 0 Å². The number of halogens is 1. The first-order valence-corrected chi connectivity index (χ1v) is 6.03. The third-order valence-electron chi connectivity index (χ3n) is 2.93. The van der Waals surface area contributed by atoms with Crippen LogP contribution in [0.4, 0.5) is 5.82 Å². The molecule has 18 heavy (non-hydrogen) atoms. The van der Waals surface area contributed by atoms with Crippen LogP contribution in [0.2, 0.25) is 5.02 Å². The van der Waals surface area contributed by atoms with Gasteiger partial charge in [0.1, 0.15) is 17.2 Å². The van der Waals surface area contributed by atoms with E-state index in [0.717, 1.165) is 22.5 Å². The standard InChI is InChI=1S/C14H12ClN3/c1-9-6-7-12-17-13(14(16)18(12)8-9)10-4-2-3-5-11(10)15/h2-8H,16H2,1H3. The average molecular weight is 258 g/mol. The number of aryl methyl sites for hydroxylation is 1. The van der Waals surface area contributed by atoms with E-state index in [4.69, 9.17) is 17.3 Å². The number of imidazole rings is 1. The maximum absolute atomic E-state index is 6.18. The van der Waals surface area contributed by atoms with Gasteiger partial charge in [0, 0.05) is 11.8 Å². The van der Waals surface area contributed by atoms with E-state index >= 15 is 0 Å². The molecule has 2 heterocycles. The van der Waals surface area contributed by atoms with Gasteiger partial charge in [-0.25, -0.2) is 4.98 Å². The van der Waals surface area contributed by atoms with Gasteiger partial charge in [-0.2, -0.15) is 0 Å². The highest BCUT2D eigenvalue weighted by molar-refractivity contribution is 6.33. The molecule has 0 aliphatic rings. The van der Waals surface area contributed by atoms with Gasteiger partial charge in [0.2, 0.25) is 0 Å². The molecular formula is C14H12ClN3. The van der Waals surface area contributed by atoms with Crippen molar-refractivity contribution in [2.75, 3.05) is 5.73 Å². The summed E-state index contributed by atoms with van der Waals surface area (Å²) < 4.78 is 1.88. The molecule has 0 saturated carbocycles. The zero-order valence-electron chi connectivity index (χ0n) is 9.89. The summed E-state index contributed by atoms with van der Waals surface area (Å²) in [6, 6.07) is 11.5. The summed E-state index contributed by atoms with van der Waals surface area (Å²) in [6.45, 7) is 2.02. The van der Waals surface area contributed by atoms with E-state index in [1.807, 2.05) is 53.9 Å². The molecular weight excluding hydrogens is 246 g/mol. The zero-order chi connectivity index (χ0) is 12.7. The van der Waals surface area contributed by atoms with Crippen molar-refractivity contribution in [3.8, 4) is 11.3 Å². The molecule has 2 aromatic heterocycles. The fraction of sp³-hybridized carbons (Fsp3) is 0.0714. The van der Waals surface area contributed by atoms with E-state index in [-0.39, 0.29) is 0 Å². The van der Waals surface area contributed by atoms with Gasteiger partial charge in [0.25, 0.3) is 0 Å². The molecule has 0 bridgehead atoms. The van der Waals surface area contributed by atoms with E-state index in [1.54, 1.807) is 0 Å². The minimum absolute atomic E-state index is 0.613. The second-order valence-electron chi connectivity index (χ2n) is 4.26. The molecule has 0 aliphatic carbocycles. The Morgan fingerprint density at radius 3 is 2.72 bits per heavy atom. The molecule has 0 amide bonds. The summed E-state index contributed by atoms with van der Waals surface area (Å²) in [7, 11) is 0. The molecule has 0 saturated heterocycles. The first kappa shape index (κ1) is 11.1. The van der Waals surface area contributed by atoms with Crippen LogP contribution in [0.25, 0.3) is 16.9 Å². The molecule has 0 radical (unpaired) electrons. The van der Waals surface area contributed by atoms with Crippen molar-refractivity contribution < 1.29 is 0 Å². The summed E-state index contributed by atoms with van der Waals surface area (Å²) in [6.07, 6.45) is 1.97. The molecule has 1 aromatic carbocycles. The number of fused-ring (bicyclic) bond motifs is 1. The predicted octanol–water partition coefficient (Wildman–Crippen LogP) is 3.55. The Balaban J connectivity index is 2.31. The molecule has 0 spiro atoms. The number of aromatic nitrogens is 2. The van der Waals surface area contributed by atoms with Gasteiger partial charge in [-0.3, -0.25) is 4.40 Å². The second-order valence-corrected chi connectivity index (χ2v) is 4.67. The maximum atomic E-state index is 6.18. The van der Waals surface area contributed by atoms with Gasteiger partial charge < -0.3 is 5.73 Å². The Bertz CT molecular complexity index is 731. The van der Waals surface area contributed by atoms with E-state index in [2.05, 4.69) is 4.98 Å². The number of benzene rings is 1. The summed E-state index contributed by atoms with van der Waals surface area (Å²) in [5.41, 5.74) is 9.70. The third-order valence-corrected chi connectivity index (χ3v) is 3.26. The summed E-state index contributed by atoms with van der Waals surface area (Å²) >= 11 is 6.18. The molecule has 0 aliphatic heterocycles. The van der Waals surface area contributed by atoms with Crippen molar-refractivity contribution in [3.05, 3.63) is 53.2 Å². The highest BCUT2D eigenvalue weighted by Gasteiger charge is 2.13. The lowest BCUT2D eigenvalue weighted by molar-refractivity contribution is 1.16. The largest absolute Gasteiger partial charge is 0.383 e. The lowest BCUT2D eigenvalue weighted by atomic mass is 10.1. The van der Waals surface area contributed by atoms with E-state index in [0.29, 0.717) is 10.8 Å². The molecule has 4 heteroatoms. The molecule has 3 nitrogen and oxygen atoms in total. The predicted molar refractivity (Wildman–Crippen MR) is 74.8 cm³/mol. The van der Waals surface area contributed by atoms with Crippen LogP contribution in [0.15, 0.2) is 42.6 Å². The molecule has 0 unspecified atom stereocenters. The normalized spacial score (nSPS) is 11.0. The Morgan fingerprint density at radius 1 is 1.17 bits per heavy atom. The van der Waals surface area contributed by atoms with E-state index in [1.165, 1.54) is 0 Å². The summed E-state index contributed by atoms with van der Waals surface area (Å²) in [5, 5.41) is 0.657. The third kappa shape index (κ3) is 1.64. The molecule has 3 aromatic rings. The lowest BCUT2D eigenvalue weighted by Crippen LogP contribution is -1.94. The van der Waals surface area contributed by atoms with Crippen molar-refractivity contribution in [3.63, 3.8) is 0 Å². The highest BCUT2D eigenvalue weighted by atomic mass is 35.5. The number of anilines is 1. The van der Waals surface area contributed by atoms with E-state index in [9.17, 15) is 0 Å². The van der Waals surface area contributed by atoms with Crippen LogP contribution in [-0.4, -0.2) is 9.38 Å². The molecule has 90 valence electrons. The average Bonchev–Trinajstić information content (AvgIpc) is 2.68. The number of nitrogens with zero attached hydrogens (tertiary/aromatic N) is 2. The van der Waals surface area contributed by atoms with Crippen molar-refractivity contribution >= 4 is 23.1 Å². The van der Waals surface area contributed by atoms with Crippen LogP contribution in [-0.2, 0) is 0 Å². The Kier molecular flexibility index (Phi) is 2.49. The molecule has 0 fully saturated rings. The Morgan fingerprint density at radius 2 is 1.94 bits per heavy atom. The van der Waals surface area contributed by atoms with Crippen LogP contribution >= 0.6 is 11.6 Å². The van der Waals surface area contributed by atoms with E-state index < -0.39 is 0 Å². The molecule has 0 atom stereocenters. The number of pyridine rings is 1. The number of rotatable bonds is 1. The summed E-state index contributed by atoms with van der Waals surface area (Å²) in [4.78, 5) is 4.54. The minimum atomic E-state index is 0.613. The van der Waals surface area contributed by atoms with Crippen molar-refractivity contribution in [2.45, 2.75) is 6.92 Å². The Hall–Kier alpha value is -2.00.